The van der Waals surface area contributed by atoms with Gasteiger partial charge in [-0.3, -0.25) is 4.98 Å². The fourth-order valence-corrected chi connectivity index (χ4v) is 5.52. The summed E-state index contributed by atoms with van der Waals surface area (Å²) in [6, 6.07) is 22.7. The molecule has 0 saturated carbocycles. The van der Waals surface area contributed by atoms with Crippen LogP contribution in [0.1, 0.15) is 45.9 Å². The van der Waals surface area contributed by atoms with Gasteiger partial charge in [0.2, 0.25) is 0 Å². The number of aromatic nitrogens is 2. The van der Waals surface area contributed by atoms with Crippen LogP contribution in [0.2, 0.25) is 5.02 Å². The van der Waals surface area contributed by atoms with Gasteiger partial charge in [0.25, 0.3) is 0 Å². The number of hydrogen-bond acceptors (Lipinski definition) is 2. The molecule has 1 aliphatic rings. The Balaban J connectivity index is 1.71. The van der Waals surface area contributed by atoms with E-state index in [1.54, 1.807) is 0 Å². The van der Waals surface area contributed by atoms with E-state index in [9.17, 15) is 0 Å². The Morgan fingerprint density at radius 3 is 2.50 bits per heavy atom. The molecule has 1 saturated heterocycles. The number of thiocarbonyl (C=S) groups is 1. The summed E-state index contributed by atoms with van der Waals surface area (Å²) in [4.78, 5) is 6.92. The van der Waals surface area contributed by atoms with Gasteiger partial charge >= 0.3 is 0 Å². The van der Waals surface area contributed by atoms with Crippen molar-refractivity contribution in [2.75, 3.05) is 4.90 Å². The van der Waals surface area contributed by atoms with Crippen LogP contribution in [0.25, 0.3) is 5.69 Å². The fraction of sp³-hybridized carbons (Fsp3) is 0.214. The highest BCUT2D eigenvalue weighted by atomic mass is 35.5. The minimum atomic E-state index is -0.0800. The molecule has 0 radical (unpaired) electrons. The van der Waals surface area contributed by atoms with Crippen molar-refractivity contribution in [3.8, 4) is 5.69 Å². The zero-order valence-electron chi connectivity index (χ0n) is 19.7. The lowest BCUT2D eigenvalue weighted by Gasteiger charge is -2.28. The van der Waals surface area contributed by atoms with Gasteiger partial charge in [0.1, 0.15) is 0 Å². The van der Waals surface area contributed by atoms with Crippen molar-refractivity contribution in [1.29, 1.82) is 0 Å². The van der Waals surface area contributed by atoms with E-state index in [-0.39, 0.29) is 12.1 Å². The molecular formula is C28H27ClN4S. The number of nitrogens with one attached hydrogen (secondary N) is 1. The summed E-state index contributed by atoms with van der Waals surface area (Å²) in [7, 11) is 0. The maximum Gasteiger partial charge on any atom is 0.174 e. The first kappa shape index (κ1) is 22.6. The summed E-state index contributed by atoms with van der Waals surface area (Å²) in [6.45, 7) is 8.54. The van der Waals surface area contributed by atoms with Crippen LogP contribution in [0.15, 0.2) is 72.9 Å². The van der Waals surface area contributed by atoms with E-state index in [0.29, 0.717) is 5.11 Å². The minimum absolute atomic E-state index is 0.0522. The van der Waals surface area contributed by atoms with Crippen LogP contribution in [0.3, 0.4) is 0 Å². The first-order chi connectivity index (χ1) is 16.3. The van der Waals surface area contributed by atoms with Crippen LogP contribution in [-0.2, 0) is 0 Å². The molecule has 2 aromatic heterocycles. The van der Waals surface area contributed by atoms with Crippen molar-refractivity contribution in [2.45, 2.75) is 39.8 Å². The second-order valence-corrected chi connectivity index (χ2v) is 9.75. The average Bonchev–Trinajstić information content (AvgIpc) is 3.31. The molecule has 0 amide bonds. The van der Waals surface area contributed by atoms with Gasteiger partial charge in [-0.1, -0.05) is 35.9 Å². The summed E-state index contributed by atoms with van der Waals surface area (Å²) in [5, 5.41) is 5.00. The van der Waals surface area contributed by atoms with Gasteiger partial charge in [0.05, 0.1) is 17.8 Å². The predicted octanol–water partition coefficient (Wildman–Crippen LogP) is 6.94. The second-order valence-electron chi connectivity index (χ2n) is 8.93. The Labute approximate surface area is 211 Å². The zero-order chi connectivity index (χ0) is 24.0. The van der Waals surface area contributed by atoms with E-state index in [4.69, 9.17) is 23.8 Å². The van der Waals surface area contributed by atoms with Crippen LogP contribution in [0, 0.1) is 27.7 Å². The van der Waals surface area contributed by atoms with Crippen LogP contribution >= 0.6 is 23.8 Å². The molecule has 3 heterocycles. The van der Waals surface area contributed by atoms with Crippen LogP contribution in [0.5, 0.6) is 0 Å². The molecule has 1 aliphatic heterocycles. The lowest BCUT2D eigenvalue weighted by molar-refractivity contribution is 0.565. The molecule has 172 valence electrons. The van der Waals surface area contributed by atoms with Gasteiger partial charge < -0.3 is 14.8 Å². The Kier molecular flexibility index (Phi) is 5.92. The number of aryl methyl sites for hydroxylation is 3. The quantitative estimate of drug-likeness (QED) is 0.317. The van der Waals surface area contributed by atoms with Crippen LogP contribution < -0.4 is 10.2 Å². The van der Waals surface area contributed by atoms with Gasteiger partial charge in [-0.2, -0.15) is 0 Å². The van der Waals surface area contributed by atoms with Gasteiger partial charge in [-0.25, -0.2) is 0 Å². The van der Waals surface area contributed by atoms with Gasteiger partial charge in [-0.15, -0.1) is 0 Å². The molecule has 0 spiro atoms. The maximum absolute atomic E-state index is 6.39. The van der Waals surface area contributed by atoms with Crippen molar-refractivity contribution in [3.05, 3.63) is 112 Å². The van der Waals surface area contributed by atoms with E-state index < -0.39 is 0 Å². The van der Waals surface area contributed by atoms with Crippen molar-refractivity contribution >= 4 is 34.6 Å². The zero-order valence-corrected chi connectivity index (χ0v) is 21.3. The Hall–Kier alpha value is -3.15. The van der Waals surface area contributed by atoms with Crippen LogP contribution in [-0.4, -0.2) is 14.7 Å². The third-order valence-electron chi connectivity index (χ3n) is 6.58. The number of rotatable bonds is 4. The first-order valence-corrected chi connectivity index (χ1v) is 12.2. The molecule has 0 aliphatic carbocycles. The van der Waals surface area contributed by atoms with Gasteiger partial charge in [-0.05, 0) is 99.1 Å². The summed E-state index contributed by atoms with van der Waals surface area (Å²) < 4.78 is 2.29. The molecule has 5 rings (SSSR count). The number of halogens is 1. The molecule has 1 fully saturated rings. The van der Waals surface area contributed by atoms with Crippen molar-refractivity contribution in [1.82, 2.24) is 14.9 Å². The average molecular weight is 487 g/mol. The largest absolute Gasteiger partial charge is 0.351 e. The molecule has 34 heavy (non-hydrogen) atoms. The van der Waals surface area contributed by atoms with Crippen LogP contribution in [0.4, 0.5) is 5.69 Å². The van der Waals surface area contributed by atoms with E-state index >= 15 is 0 Å². The highest BCUT2D eigenvalue weighted by molar-refractivity contribution is 7.80. The van der Waals surface area contributed by atoms with Gasteiger partial charge in [0, 0.05) is 34.0 Å². The maximum atomic E-state index is 6.39. The van der Waals surface area contributed by atoms with E-state index in [2.05, 4.69) is 89.9 Å². The normalized spacial score (nSPS) is 17.8. The summed E-state index contributed by atoms with van der Waals surface area (Å²) in [5.74, 6) is 0. The number of hydrogen-bond donors (Lipinski definition) is 1. The highest BCUT2D eigenvalue weighted by Gasteiger charge is 2.42. The fourth-order valence-electron chi connectivity index (χ4n) is 5.01. The molecule has 4 nitrogen and oxygen atoms in total. The molecule has 1 N–H and O–H groups in total. The lowest BCUT2D eigenvalue weighted by atomic mass is 9.96. The SMILES string of the molecule is Cc1cccc(N2C(=S)N[C@H](c3ccccn3)[C@H]2c2cc(C)n(-c3cc(Cl)ccc3C)c2C)c1. The predicted molar refractivity (Wildman–Crippen MR) is 144 cm³/mol. The molecule has 0 bridgehead atoms. The highest BCUT2D eigenvalue weighted by Crippen LogP contribution is 2.44. The van der Waals surface area contributed by atoms with Gasteiger partial charge in [0.15, 0.2) is 5.11 Å². The topological polar surface area (TPSA) is 33.1 Å². The molecule has 2 aromatic carbocycles. The first-order valence-electron chi connectivity index (χ1n) is 11.4. The minimum Gasteiger partial charge on any atom is -0.351 e. The second kappa shape index (κ2) is 8.90. The molecule has 4 aromatic rings. The molecule has 2 atom stereocenters. The van der Waals surface area contributed by atoms with Crippen molar-refractivity contribution in [2.24, 2.45) is 0 Å². The molecule has 0 unspecified atom stereocenters. The van der Waals surface area contributed by atoms with Crippen molar-refractivity contribution < 1.29 is 0 Å². The Bertz CT molecular complexity index is 1380. The Morgan fingerprint density at radius 2 is 1.76 bits per heavy atom. The third-order valence-corrected chi connectivity index (χ3v) is 7.13. The van der Waals surface area contributed by atoms with E-state index in [1.807, 2.05) is 30.5 Å². The lowest BCUT2D eigenvalue weighted by Crippen LogP contribution is -2.29. The summed E-state index contributed by atoms with van der Waals surface area (Å²) in [5.41, 5.74) is 9.03. The summed E-state index contributed by atoms with van der Waals surface area (Å²) in [6.07, 6.45) is 1.84. The standard InChI is InChI=1S/C28H27ClN4S/c1-17-8-7-9-22(14-17)33-27(26(31-28(33)34)24-10-5-6-13-30-24)23-15-19(3)32(20(23)4)25-16-21(29)12-11-18(25)2/h5-16,26-27H,1-4H3,(H,31,34)/t26-,27-/m1/s1. The number of nitrogens with zero attached hydrogens (tertiary/aromatic N) is 3. The number of pyridine rings is 1. The van der Waals surface area contributed by atoms with E-state index in [1.165, 1.54) is 16.7 Å². The molecular weight excluding hydrogens is 460 g/mol. The van der Waals surface area contributed by atoms with E-state index in [0.717, 1.165) is 33.5 Å². The Morgan fingerprint density at radius 1 is 0.941 bits per heavy atom. The molecule has 6 heteroatoms. The smallest absolute Gasteiger partial charge is 0.174 e. The van der Waals surface area contributed by atoms with Crippen molar-refractivity contribution in [3.63, 3.8) is 0 Å². The number of benzene rings is 2. The summed E-state index contributed by atoms with van der Waals surface area (Å²) >= 11 is 12.3. The third kappa shape index (κ3) is 3.89. The monoisotopic (exact) mass is 486 g/mol. The number of anilines is 1.